The minimum Gasteiger partial charge on any atom is -0.480 e. The minimum absolute atomic E-state index is 0.260. The first-order chi connectivity index (χ1) is 9.95. The van der Waals surface area contributed by atoms with Gasteiger partial charge in [0.25, 0.3) is 5.91 Å². The average Bonchev–Trinajstić information content (AvgIpc) is 2.87. The number of furan rings is 1. The zero-order valence-electron chi connectivity index (χ0n) is 11.2. The van der Waals surface area contributed by atoms with Crippen LogP contribution in [0.1, 0.15) is 30.8 Å². The molecule has 2 heterocycles. The van der Waals surface area contributed by atoms with Crippen LogP contribution in [0.3, 0.4) is 0 Å². The second-order valence-electron chi connectivity index (χ2n) is 5.22. The molecule has 0 unspecified atom stereocenters. The lowest BCUT2D eigenvalue weighted by atomic mass is 10.3. The second-order valence-corrected chi connectivity index (χ2v) is 6.90. The predicted molar refractivity (Wildman–Crippen MR) is 82.7 cm³/mol. The van der Waals surface area contributed by atoms with E-state index in [1.807, 2.05) is 12.1 Å². The number of carbonyl (C=O) groups excluding carboxylic acids is 1. The highest BCUT2D eigenvalue weighted by Crippen LogP contribution is 2.47. The van der Waals surface area contributed by atoms with E-state index in [0.717, 1.165) is 28.8 Å². The molecule has 0 radical (unpaired) electrons. The lowest BCUT2D eigenvalue weighted by molar-refractivity contribution is -0.140. The highest BCUT2D eigenvalue weighted by Gasteiger charge is 2.37. The van der Waals surface area contributed by atoms with Crippen LogP contribution in [0.2, 0.25) is 0 Å². The number of aliphatic carboxylic acids is 1. The van der Waals surface area contributed by atoms with Crippen molar-refractivity contribution in [2.75, 3.05) is 6.54 Å². The smallest absolute Gasteiger partial charge is 0.323 e. The summed E-state index contributed by atoms with van der Waals surface area (Å²) in [5.41, 5.74) is 0. The van der Waals surface area contributed by atoms with Crippen LogP contribution in [0.5, 0.6) is 0 Å². The fourth-order valence-corrected chi connectivity index (χ4v) is 3.50. The van der Waals surface area contributed by atoms with E-state index >= 15 is 0 Å². The number of hydrogen-bond acceptors (Lipinski definition) is 5. The number of carboxylic acid groups (broad SMARTS) is 1. The van der Waals surface area contributed by atoms with Crippen molar-refractivity contribution >= 4 is 46.3 Å². The van der Waals surface area contributed by atoms with Crippen molar-refractivity contribution < 1.29 is 19.1 Å². The van der Waals surface area contributed by atoms with Crippen molar-refractivity contribution in [3.8, 4) is 0 Å². The maximum absolute atomic E-state index is 12.1. The molecule has 1 saturated carbocycles. The van der Waals surface area contributed by atoms with Gasteiger partial charge in [0.2, 0.25) is 0 Å². The average molecular weight is 323 g/mol. The third kappa shape index (κ3) is 2.89. The first-order valence-corrected chi connectivity index (χ1v) is 7.75. The molecular weight excluding hydrogens is 310 g/mol. The van der Waals surface area contributed by atoms with E-state index < -0.39 is 12.5 Å². The highest BCUT2D eigenvalue weighted by molar-refractivity contribution is 8.26. The van der Waals surface area contributed by atoms with Crippen LogP contribution in [0.15, 0.2) is 21.5 Å². The molecule has 1 aliphatic heterocycles. The molecule has 1 saturated heterocycles. The van der Waals surface area contributed by atoms with Crippen molar-refractivity contribution in [1.29, 1.82) is 0 Å². The first-order valence-electron chi connectivity index (χ1n) is 6.52. The van der Waals surface area contributed by atoms with E-state index in [2.05, 4.69) is 6.92 Å². The summed E-state index contributed by atoms with van der Waals surface area (Å²) < 4.78 is 5.98. The molecule has 2 aliphatic rings. The Balaban J connectivity index is 1.77. The molecular formula is C14H13NO4S2. The Morgan fingerprint density at radius 3 is 2.95 bits per heavy atom. The number of amides is 1. The maximum Gasteiger partial charge on any atom is 0.323 e. The van der Waals surface area contributed by atoms with Crippen LogP contribution < -0.4 is 0 Å². The van der Waals surface area contributed by atoms with E-state index in [9.17, 15) is 9.59 Å². The van der Waals surface area contributed by atoms with Gasteiger partial charge in [0, 0.05) is 12.0 Å². The fourth-order valence-electron chi connectivity index (χ4n) is 2.26. The Kier molecular flexibility index (Phi) is 3.62. The summed E-state index contributed by atoms with van der Waals surface area (Å²) in [7, 11) is 0. The molecule has 2 atom stereocenters. The second kappa shape index (κ2) is 5.31. The van der Waals surface area contributed by atoms with Gasteiger partial charge in [0.1, 0.15) is 22.4 Å². The van der Waals surface area contributed by atoms with Gasteiger partial charge in [-0.15, -0.1) is 0 Å². The molecule has 1 amide bonds. The van der Waals surface area contributed by atoms with Crippen LogP contribution >= 0.6 is 24.0 Å². The number of rotatable bonds is 4. The summed E-state index contributed by atoms with van der Waals surface area (Å²) in [6.45, 7) is 1.76. The van der Waals surface area contributed by atoms with Gasteiger partial charge >= 0.3 is 5.97 Å². The summed E-state index contributed by atoms with van der Waals surface area (Å²) in [5, 5.41) is 8.78. The first kappa shape index (κ1) is 14.3. The van der Waals surface area contributed by atoms with Crippen molar-refractivity contribution in [3.05, 3.63) is 28.6 Å². The number of thioether (sulfide) groups is 1. The molecule has 1 N–H and O–H groups in total. The van der Waals surface area contributed by atoms with Gasteiger partial charge in [0.05, 0.1) is 4.91 Å². The Morgan fingerprint density at radius 1 is 1.62 bits per heavy atom. The molecule has 1 aromatic rings. The van der Waals surface area contributed by atoms with E-state index in [-0.39, 0.29) is 10.2 Å². The van der Waals surface area contributed by atoms with Gasteiger partial charge in [0.15, 0.2) is 0 Å². The number of thiocarbonyl (C=S) groups is 1. The molecule has 7 heteroatoms. The van der Waals surface area contributed by atoms with Crippen LogP contribution in [0.4, 0.5) is 0 Å². The molecule has 5 nitrogen and oxygen atoms in total. The summed E-state index contributed by atoms with van der Waals surface area (Å²) >= 11 is 6.13. The molecule has 2 fully saturated rings. The Morgan fingerprint density at radius 2 is 2.33 bits per heavy atom. The molecule has 3 rings (SSSR count). The number of carboxylic acids is 1. The quantitative estimate of drug-likeness (QED) is 0.678. The maximum atomic E-state index is 12.1. The van der Waals surface area contributed by atoms with E-state index in [0.29, 0.717) is 22.5 Å². The van der Waals surface area contributed by atoms with Crippen molar-refractivity contribution in [1.82, 2.24) is 4.90 Å². The van der Waals surface area contributed by atoms with Gasteiger partial charge in [-0.1, -0.05) is 30.9 Å². The lowest BCUT2D eigenvalue weighted by Crippen LogP contribution is -2.33. The van der Waals surface area contributed by atoms with Gasteiger partial charge in [-0.25, -0.2) is 0 Å². The third-order valence-electron chi connectivity index (χ3n) is 3.56. The Bertz CT molecular complexity index is 664. The van der Waals surface area contributed by atoms with Crippen LogP contribution in [-0.4, -0.2) is 32.7 Å². The van der Waals surface area contributed by atoms with Crippen molar-refractivity contribution in [2.24, 2.45) is 5.92 Å². The van der Waals surface area contributed by atoms with Crippen LogP contribution in [0.25, 0.3) is 6.08 Å². The van der Waals surface area contributed by atoms with Crippen LogP contribution in [-0.2, 0) is 9.59 Å². The SMILES string of the molecule is C[C@H]1C[C@@H]1c1ccc(/C=C2\SC(=S)N(CC(=O)O)C2=O)o1. The molecule has 1 aliphatic carbocycles. The summed E-state index contributed by atoms with van der Waals surface area (Å²) in [5.74, 6) is 1.20. The standard InChI is InChI=1S/C14H13NO4S2/c1-7-4-9(7)10-3-2-8(19-10)5-11-13(18)15(6-12(16)17)14(20)21-11/h2-3,5,7,9H,4,6H2,1H3,(H,16,17)/b11-5-/t7-,9-/m0/s1. The monoisotopic (exact) mass is 323 g/mol. The summed E-state index contributed by atoms with van der Waals surface area (Å²) in [6.07, 6.45) is 2.76. The van der Waals surface area contributed by atoms with Crippen molar-refractivity contribution in [3.63, 3.8) is 0 Å². The van der Waals surface area contributed by atoms with Gasteiger partial charge in [-0.3, -0.25) is 14.5 Å². The number of carbonyl (C=O) groups is 2. The Labute approximate surface area is 131 Å². The lowest BCUT2D eigenvalue weighted by Gasteiger charge is -2.09. The zero-order valence-corrected chi connectivity index (χ0v) is 12.9. The van der Waals surface area contributed by atoms with E-state index in [1.54, 1.807) is 6.08 Å². The summed E-state index contributed by atoms with van der Waals surface area (Å²) in [4.78, 5) is 24.3. The van der Waals surface area contributed by atoms with Crippen LogP contribution in [0, 0.1) is 5.92 Å². The molecule has 0 bridgehead atoms. The molecule has 110 valence electrons. The molecule has 21 heavy (non-hydrogen) atoms. The molecule has 0 spiro atoms. The zero-order chi connectivity index (χ0) is 15.1. The van der Waals surface area contributed by atoms with Gasteiger partial charge in [-0.2, -0.15) is 0 Å². The normalized spacial score (nSPS) is 26.7. The van der Waals surface area contributed by atoms with E-state index in [4.69, 9.17) is 21.7 Å². The predicted octanol–water partition coefficient (Wildman–Crippen LogP) is 2.69. The van der Waals surface area contributed by atoms with E-state index in [1.165, 1.54) is 0 Å². The van der Waals surface area contributed by atoms with Crippen molar-refractivity contribution in [2.45, 2.75) is 19.3 Å². The largest absolute Gasteiger partial charge is 0.480 e. The van der Waals surface area contributed by atoms with Gasteiger partial charge in [-0.05, 0) is 24.5 Å². The Hall–Kier alpha value is -1.60. The molecule has 1 aromatic heterocycles. The topological polar surface area (TPSA) is 70.8 Å². The number of hydrogen-bond donors (Lipinski definition) is 1. The molecule has 0 aromatic carbocycles. The fraction of sp³-hybridized carbons (Fsp3) is 0.357. The highest BCUT2D eigenvalue weighted by atomic mass is 32.2. The summed E-state index contributed by atoms with van der Waals surface area (Å²) in [6, 6.07) is 3.75. The number of nitrogens with zero attached hydrogens (tertiary/aromatic N) is 1. The minimum atomic E-state index is -1.09. The van der Waals surface area contributed by atoms with Gasteiger partial charge < -0.3 is 9.52 Å². The third-order valence-corrected chi connectivity index (χ3v) is 4.94.